The molecule has 146 valence electrons. The zero-order valence-corrected chi connectivity index (χ0v) is 15.5. The van der Waals surface area contributed by atoms with Crippen LogP contribution in [0, 0.1) is 5.41 Å². The van der Waals surface area contributed by atoms with E-state index in [-0.39, 0.29) is 18.2 Å². The second-order valence-electron chi connectivity index (χ2n) is 6.74. The Labute approximate surface area is 154 Å². The molecule has 1 atom stereocenters. The summed E-state index contributed by atoms with van der Waals surface area (Å²) in [5, 5.41) is 14.0. The standard InChI is InChI=1S/C17H22ClF3N2O3/c1-10(22-7-6-16(2,3)15(25)26)8-14(24)23-11-4-5-13(18)12(9-11)17(19,20)21/h4-5,9-10,22H,6-8H2,1-3H3,(H,23,24)(H,25,26). The van der Waals surface area contributed by atoms with Gasteiger partial charge in [-0.2, -0.15) is 13.2 Å². The fourth-order valence-electron chi connectivity index (χ4n) is 2.12. The van der Waals surface area contributed by atoms with E-state index in [2.05, 4.69) is 10.6 Å². The summed E-state index contributed by atoms with van der Waals surface area (Å²) in [6.45, 7) is 5.34. The van der Waals surface area contributed by atoms with Crippen molar-refractivity contribution in [2.75, 3.05) is 11.9 Å². The third-order valence-corrected chi connectivity index (χ3v) is 4.20. The van der Waals surface area contributed by atoms with E-state index in [1.54, 1.807) is 20.8 Å². The van der Waals surface area contributed by atoms with Crippen molar-refractivity contribution in [2.24, 2.45) is 5.41 Å². The van der Waals surface area contributed by atoms with Crippen LogP contribution in [-0.4, -0.2) is 29.6 Å². The molecule has 0 saturated heterocycles. The summed E-state index contributed by atoms with van der Waals surface area (Å²) < 4.78 is 38.5. The minimum atomic E-state index is -4.61. The molecule has 26 heavy (non-hydrogen) atoms. The van der Waals surface area contributed by atoms with Crippen LogP contribution in [0.3, 0.4) is 0 Å². The van der Waals surface area contributed by atoms with E-state index in [1.807, 2.05) is 0 Å². The zero-order valence-electron chi connectivity index (χ0n) is 14.7. The van der Waals surface area contributed by atoms with Crippen LogP contribution < -0.4 is 10.6 Å². The summed E-state index contributed by atoms with van der Waals surface area (Å²) in [6, 6.07) is 2.89. The fraction of sp³-hybridized carbons (Fsp3) is 0.529. The Morgan fingerprint density at radius 1 is 1.27 bits per heavy atom. The van der Waals surface area contributed by atoms with Gasteiger partial charge in [-0.05, 0) is 51.9 Å². The molecule has 1 aromatic rings. The Bertz CT molecular complexity index is 663. The highest BCUT2D eigenvalue weighted by Crippen LogP contribution is 2.36. The maximum absolute atomic E-state index is 12.8. The average molecular weight is 395 g/mol. The number of hydrogen-bond acceptors (Lipinski definition) is 3. The summed E-state index contributed by atoms with van der Waals surface area (Å²) >= 11 is 5.53. The number of halogens is 4. The van der Waals surface area contributed by atoms with Crippen molar-refractivity contribution >= 4 is 29.2 Å². The third-order valence-electron chi connectivity index (χ3n) is 3.87. The highest BCUT2D eigenvalue weighted by Gasteiger charge is 2.33. The fourth-order valence-corrected chi connectivity index (χ4v) is 2.35. The second kappa shape index (κ2) is 8.73. The number of alkyl halides is 3. The van der Waals surface area contributed by atoms with Gasteiger partial charge in [0.25, 0.3) is 0 Å². The first-order valence-corrected chi connectivity index (χ1v) is 8.34. The van der Waals surface area contributed by atoms with E-state index in [0.717, 1.165) is 12.1 Å². The first-order valence-electron chi connectivity index (χ1n) is 7.96. The molecule has 0 aliphatic heterocycles. The summed E-state index contributed by atoms with van der Waals surface area (Å²) in [6.07, 6.45) is -4.21. The van der Waals surface area contributed by atoms with Gasteiger partial charge in [0.1, 0.15) is 0 Å². The lowest BCUT2D eigenvalue weighted by atomic mass is 9.89. The normalized spacial score (nSPS) is 13.3. The predicted molar refractivity (Wildman–Crippen MR) is 93.2 cm³/mol. The van der Waals surface area contributed by atoms with Gasteiger partial charge < -0.3 is 15.7 Å². The lowest BCUT2D eigenvalue weighted by Crippen LogP contribution is -2.35. The summed E-state index contributed by atoms with van der Waals surface area (Å²) in [5.74, 6) is -1.37. The van der Waals surface area contributed by atoms with Gasteiger partial charge in [0.05, 0.1) is 16.0 Å². The highest BCUT2D eigenvalue weighted by atomic mass is 35.5. The number of carboxylic acids is 1. The zero-order chi connectivity index (χ0) is 20.1. The van der Waals surface area contributed by atoms with Crippen molar-refractivity contribution < 1.29 is 27.9 Å². The first-order chi connectivity index (χ1) is 11.8. The summed E-state index contributed by atoms with van der Waals surface area (Å²) in [5.41, 5.74) is -1.89. The van der Waals surface area contributed by atoms with E-state index in [4.69, 9.17) is 16.7 Å². The summed E-state index contributed by atoms with van der Waals surface area (Å²) in [7, 11) is 0. The number of nitrogens with one attached hydrogen (secondary N) is 2. The number of carboxylic acid groups (broad SMARTS) is 1. The van der Waals surface area contributed by atoms with Gasteiger partial charge in [-0.25, -0.2) is 0 Å². The molecular formula is C17H22ClF3N2O3. The molecule has 3 N–H and O–H groups in total. The number of amides is 1. The molecule has 0 aliphatic rings. The molecule has 0 fully saturated rings. The smallest absolute Gasteiger partial charge is 0.417 e. The molecule has 1 rings (SSSR count). The molecule has 0 spiro atoms. The quantitative estimate of drug-likeness (QED) is 0.618. The van der Waals surface area contributed by atoms with Crippen molar-refractivity contribution in [3.63, 3.8) is 0 Å². The van der Waals surface area contributed by atoms with Gasteiger partial charge in [-0.3, -0.25) is 9.59 Å². The number of rotatable bonds is 8. The molecule has 1 unspecified atom stereocenters. The van der Waals surface area contributed by atoms with Gasteiger partial charge in [0, 0.05) is 18.2 Å². The van der Waals surface area contributed by atoms with E-state index >= 15 is 0 Å². The average Bonchev–Trinajstić information content (AvgIpc) is 2.47. The molecule has 1 amide bonds. The van der Waals surface area contributed by atoms with Gasteiger partial charge in [0.2, 0.25) is 5.91 Å². The largest absolute Gasteiger partial charge is 0.481 e. The van der Waals surface area contributed by atoms with E-state index < -0.39 is 34.1 Å². The van der Waals surface area contributed by atoms with Gasteiger partial charge in [0.15, 0.2) is 0 Å². The molecule has 0 aromatic heterocycles. The number of anilines is 1. The van der Waals surface area contributed by atoms with Gasteiger partial charge in [-0.15, -0.1) is 0 Å². The molecular weight excluding hydrogens is 373 g/mol. The first kappa shape index (κ1) is 22.2. The van der Waals surface area contributed by atoms with Crippen LogP contribution in [0.5, 0.6) is 0 Å². The summed E-state index contributed by atoms with van der Waals surface area (Å²) in [4.78, 5) is 23.0. The molecule has 9 heteroatoms. The number of aliphatic carboxylic acids is 1. The van der Waals surface area contributed by atoms with E-state index in [9.17, 15) is 22.8 Å². The topological polar surface area (TPSA) is 78.4 Å². The van der Waals surface area contributed by atoms with Crippen LogP contribution in [0.2, 0.25) is 5.02 Å². The van der Waals surface area contributed by atoms with Crippen LogP contribution >= 0.6 is 11.6 Å². The minimum Gasteiger partial charge on any atom is -0.481 e. The second-order valence-corrected chi connectivity index (χ2v) is 7.15. The maximum atomic E-state index is 12.8. The van der Waals surface area contributed by atoms with Crippen molar-refractivity contribution in [2.45, 2.75) is 45.8 Å². The lowest BCUT2D eigenvalue weighted by molar-refractivity contribution is -0.147. The Balaban J connectivity index is 2.55. The number of carbonyl (C=O) groups excluding carboxylic acids is 1. The molecule has 1 aromatic carbocycles. The lowest BCUT2D eigenvalue weighted by Gasteiger charge is -2.21. The maximum Gasteiger partial charge on any atom is 0.417 e. The van der Waals surface area contributed by atoms with Gasteiger partial charge in [-0.1, -0.05) is 11.6 Å². The Morgan fingerprint density at radius 2 is 1.88 bits per heavy atom. The van der Waals surface area contributed by atoms with Crippen LogP contribution in [0.4, 0.5) is 18.9 Å². The van der Waals surface area contributed by atoms with E-state index in [0.29, 0.717) is 13.0 Å². The van der Waals surface area contributed by atoms with Crippen LogP contribution in [0.25, 0.3) is 0 Å². The number of carbonyl (C=O) groups is 2. The number of benzene rings is 1. The predicted octanol–water partition coefficient (Wildman–Crippen LogP) is 4.17. The van der Waals surface area contributed by atoms with Crippen LogP contribution in [0.15, 0.2) is 18.2 Å². The monoisotopic (exact) mass is 394 g/mol. The third kappa shape index (κ3) is 6.84. The highest BCUT2D eigenvalue weighted by molar-refractivity contribution is 6.31. The van der Waals surface area contributed by atoms with Crippen molar-refractivity contribution in [3.05, 3.63) is 28.8 Å². The van der Waals surface area contributed by atoms with Crippen LogP contribution in [0.1, 0.15) is 39.2 Å². The Kier molecular flexibility index (Phi) is 7.46. The molecule has 0 bridgehead atoms. The van der Waals surface area contributed by atoms with Crippen molar-refractivity contribution in [1.82, 2.24) is 5.32 Å². The minimum absolute atomic E-state index is 0.00550. The molecule has 0 heterocycles. The van der Waals surface area contributed by atoms with E-state index in [1.165, 1.54) is 6.07 Å². The Hall–Kier alpha value is -1.80. The molecule has 0 radical (unpaired) electrons. The molecule has 5 nitrogen and oxygen atoms in total. The molecule has 0 saturated carbocycles. The van der Waals surface area contributed by atoms with Crippen molar-refractivity contribution in [1.29, 1.82) is 0 Å². The van der Waals surface area contributed by atoms with Crippen molar-refractivity contribution in [3.8, 4) is 0 Å². The number of hydrogen-bond donors (Lipinski definition) is 3. The van der Waals surface area contributed by atoms with Gasteiger partial charge >= 0.3 is 12.1 Å². The SMILES string of the molecule is CC(CC(=O)Nc1ccc(Cl)c(C(F)(F)F)c1)NCCC(C)(C)C(=O)O. The Morgan fingerprint density at radius 3 is 2.42 bits per heavy atom. The van der Waals surface area contributed by atoms with Crippen LogP contribution in [-0.2, 0) is 15.8 Å². The molecule has 0 aliphatic carbocycles.